The van der Waals surface area contributed by atoms with E-state index in [0.29, 0.717) is 38.3 Å². The fourth-order valence-corrected chi connectivity index (χ4v) is 2.15. The first-order valence-corrected chi connectivity index (χ1v) is 6.01. The molecule has 3 aromatic rings. The minimum atomic E-state index is 0.437. The number of benzene rings is 2. The van der Waals surface area contributed by atoms with Crippen LogP contribution in [0, 0.1) is 0 Å². The average Bonchev–Trinajstić information content (AvgIpc) is 2.74. The molecule has 0 aliphatic carbocycles. The van der Waals surface area contributed by atoms with Gasteiger partial charge in [0.1, 0.15) is 5.52 Å². The molecule has 2 aromatic carbocycles. The van der Waals surface area contributed by atoms with E-state index in [1.165, 1.54) is 0 Å². The van der Waals surface area contributed by atoms with Crippen LogP contribution in [0.1, 0.15) is 0 Å². The molecule has 2 N–H and O–H groups in total. The largest absolute Gasteiger partial charge is 0.434 e. The molecule has 0 saturated carbocycles. The quantitative estimate of drug-likeness (QED) is 0.672. The van der Waals surface area contributed by atoms with Crippen molar-refractivity contribution < 1.29 is 4.42 Å². The summed E-state index contributed by atoms with van der Waals surface area (Å²) in [5, 5.41) is 1.10. The summed E-state index contributed by atoms with van der Waals surface area (Å²) in [4.78, 5) is 4.36. The zero-order chi connectivity index (χ0) is 12.7. The zero-order valence-electron chi connectivity index (χ0n) is 9.15. The van der Waals surface area contributed by atoms with Crippen LogP contribution < -0.4 is 5.73 Å². The van der Waals surface area contributed by atoms with Gasteiger partial charge in [0, 0.05) is 10.7 Å². The Morgan fingerprint density at radius 1 is 1.11 bits per heavy atom. The van der Waals surface area contributed by atoms with Crippen LogP contribution in [-0.4, -0.2) is 4.98 Å². The van der Waals surface area contributed by atoms with Crippen LogP contribution in [0.25, 0.3) is 22.6 Å². The molecule has 0 radical (unpaired) electrons. The van der Waals surface area contributed by atoms with Crippen LogP contribution >= 0.6 is 23.2 Å². The molecule has 0 fully saturated rings. The van der Waals surface area contributed by atoms with Gasteiger partial charge in [-0.1, -0.05) is 29.3 Å². The molecule has 0 unspecified atom stereocenters. The van der Waals surface area contributed by atoms with Crippen molar-refractivity contribution >= 4 is 40.0 Å². The topological polar surface area (TPSA) is 52.0 Å². The number of aromatic nitrogens is 1. The van der Waals surface area contributed by atoms with Gasteiger partial charge in [0.15, 0.2) is 5.58 Å². The van der Waals surface area contributed by atoms with Gasteiger partial charge in [-0.2, -0.15) is 0 Å². The Hall–Kier alpha value is -1.71. The van der Waals surface area contributed by atoms with E-state index in [1.54, 1.807) is 24.3 Å². The Kier molecular flexibility index (Phi) is 2.65. The number of fused-ring (bicyclic) bond motifs is 1. The molecule has 0 amide bonds. The number of hydrogen-bond acceptors (Lipinski definition) is 3. The molecule has 90 valence electrons. The third kappa shape index (κ3) is 1.82. The van der Waals surface area contributed by atoms with E-state index < -0.39 is 0 Å². The van der Waals surface area contributed by atoms with Gasteiger partial charge in [-0.15, -0.1) is 0 Å². The van der Waals surface area contributed by atoms with Crippen molar-refractivity contribution in [3.63, 3.8) is 0 Å². The summed E-state index contributed by atoms with van der Waals surface area (Å²) in [5.41, 5.74) is 8.37. The summed E-state index contributed by atoms with van der Waals surface area (Å²) in [6.07, 6.45) is 0. The highest BCUT2D eigenvalue weighted by molar-refractivity contribution is 6.34. The fourth-order valence-electron chi connectivity index (χ4n) is 1.76. The third-order valence-corrected chi connectivity index (χ3v) is 3.14. The summed E-state index contributed by atoms with van der Waals surface area (Å²) in [7, 11) is 0. The van der Waals surface area contributed by atoms with Crippen LogP contribution in [0.3, 0.4) is 0 Å². The van der Waals surface area contributed by atoms with Crippen molar-refractivity contribution in [2.24, 2.45) is 0 Å². The second kappa shape index (κ2) is 4.19. The van der Waals surface area contributed by atoms with Crippen molar-refractivity contribution in [1.29, 1.82) is 0 Å². The van der Waals surface area contributed by atoms with Gasteiger partial charge in [0.2, 0.25) is 5.89 Å². The molecule has 0 atom stereocenters. The normalized spacial score (nSPS) is 11.0. The van der Waals surface area contributed by atoms with Crippen LogP contribution in [0.2, 0.25) is 10.0 Å². The van der Waals surface area contributed by atoms with E-state index in [1.807, 2.05) is 12.1 Å². The first kappa shape index (κ1) is 11.4. The Bertz CT molecular complexity index is 737. The van der Waals surface area contributed by atoms with E-state index >= 15 is 0 Å². The van der Waals surface area contributed by atoms with Gasteiger partial charge in [-0.25, -0.2) is 4.98 Å². The predicted octanol–water partition coefficient (Wildman–Crippen LogP) is 4.38. The molecule has 0 bridgehead atoms. The van der Waals surface area contributed by atoms with Crippen LogP contribution in [0.5, 0.6) is 0 Å². The lowest BCUT2D eigenvalue weighted by Crippen LogP contribution is -1.89. The van der Waals surface area contributed by atoms with E-state index in [0.717, 1.165) is 0 Å². The van der Waals surface area contributed by atoms with E-state index in [4.69, 9.17) is 33.4 Å². The number of rotatable bonds is 1. The van der Waals surface area contributed by atoms with Gasteiger partial charge in [0.05, 0.1) is 10.6 Å². The number of nitrogens with zero attached hydrogens (tertiary/aromatic N) is 1. The molecule has 18 heavy (non-hydrogen) atoms. The zero-order valence-corrected chi connectivity index (χ0v) is 10.7. The number of hydrogen-bond donors (Lipinski definition) is 1. The van der Waals surface area contributed by atoms with Crippen molar-refractivity contribution in [3.05, 3.63) is 46.4 Å². The number of para-hydroxylation sites is 1. The van der Waals surface area contributed by atoms with Gasteiger partial charge >= 0.3 is 0 Å². The lowest BCUT2D eigenvalue weighted by atomic mass is 10.2. The molecule has 0 saturated heterocycles. The van der Waals surface area contributed by atoms with Crippen molar-refractivity contribution in [3.8, 4) is 11.5 Å². The number of nitrogen functional groups attached to an aromatic ring is 1. The standard InChI is InChI=1S/C13H8Cl2N2O/c14-7-4-5-8(10(16)6-7)13-17-11-3-1-2-9(15)12(11)18-13/h1-6H,16H2. The first-order valence-electron chi connectivity index (χ1n) is 5.25. The fraction of sp³-hybridized carbons (Fsp3) is 0. The summed E-state index contributed by atoms with van der Waals surface area (Å²) >= 11 is 11.9. The van der Waals surface area contributed by atoms with E-state index in [2.05, 4.69) is 4.98 Å². The Balaban J connectivity index is 2.23. The van der Waals surface area contributed by atoms with E-state index in [9.17, 15) is 0 Å². The first-order chi connectivity index (χ1) is 8.65. The molecule has 0 aliphatic rings. The SMILES string of the molecule is Nc1cc(Cl)ccc1-c1nc2cccc(Cl)c2o1. The van der Waals surface area contributed by atoms with Gasteiger partial charge in [-0.3, -0.25) is 0 Å². The maximum Gasteiger partial charge on any atom is 0.229 e. The smallest absolute Gasteiger partial charge is 0.229 e. The van der Waals surface area contributed by atoms with Gasteiger partial charge in [-0.05, 0) is 30.3 Å². The lowest BCUT2D eigenvalue weighted by Gasteiger charge is -2.00. The summed E-state index contributed by atoms with van der Waals surface area (Å²) in [5.74, 6) is 0.437. The van der Waals surface area contributed by atoms with Crippen molar-refractivity contribution in [1.82, 2.24) is 4.98 Å². The number of halogens is 2. The van der Waals surface area contributed by atoms with Crippen molar-refractivity contribution in [2.45, 2.75) is 0 Å². The van der Waals surface area contributed by atoms with Gasteiger partial charge in [0.25, 0.3) is 0 Å². The number of oxazole rings is 1. The summed E-state index contributed by atoms with van der Waals surface area (Å²) in [6, 6.07) is 10.6. The lowest BCUT2D eigenvalue weighted by molar-refractivity contribution is 0.620. The maximum absolute atomic E-state index is 6.04. The molecule has 1 heterocycles. The Morgan fingerprint density at radius 2 is 1.94 bits per heavy atom. The molecule has 0 aliphatic heterocycles. The van der Waals surface area contributed by atoms with E-state index in [-0.39, 0.29) is 0 Å². The molecule has 3 rings (SSSR count). The monoisotopic (exact) mass is 278 g/mol. The molecule has 3 nitrogen and oxygen atoms in total. The number of anilines is 1. The third-order valence-electron chi connectivity index (χ3n) is 2.61. The molecule has 5 heteroatoms. The summed E-state index contributed by atoms with van der Waals surface area (Å²) < 4.78 is 5.64. The minimum absolute atomic E-state index is 0.437. The van der Waals surface area contributed by atoms with Crippen LogP contribution in [-0.2, 0) is 0 Å². The molecular weight excluding hydrogens is 271 g/mol. The molecule has 1 aromatic heterocycles. The van der Waals surface area contributed by atoms with Gasteiger partial charge < -0.3 is 10.2 Å². The van der Waals surface area contributed by atoms with Crippen LogP contribution in [0.4, 0.5) is 5.69 Å². The molecular formula is C13H8Cl2N2O. The predicted molar refractivity (Wildman–Crippen MR) is 73.9 cm³/mol. The second-order valence-electron chi connectivity index (χ2n) is 3.84. The minimum Gasteiger partial charge on any atom is -0.434 e. The highest BCUT2D eigenvalue weighted by atomic mass is 35.5. The van der Waals surface area contributed by atoms with Crippen LogP contribution in [0.15, 0.2) is 40.8 Å². The highest BCUT2D eigenvalue weighted by Gasteiger charge is 2.12. The Labute approximate surface area is 113 Å². The average molecular weight is 279 g/mol. The van der Waals surface area contributed by atoms with Crippen molar-refractivity contribution in [2.75, 3.05) is 5.73 Å². The Morgan fingerprint density at radius 3 is 2.67 bits per heavy atom. The summed E-state index contributed by atoms with van der Waals surface area (Å²) in [6.45, 7) is 0. The number of nitrogens with two attached hydrogens (primary N) is 1. The second-order valence-corrected chi connectivity index (χ2v) is 4.68. The molecule has 0 spiro atoms. The maximum atomic E-state index is 6.04. The highest BCUT2D eigenvalue weighted by Crippen LogP contribution is 2.32.